The molecule has 4 nitrogen and oxygen atoms in total. The molecule has 0 spiro atoms. The van der Waals surface area contributed by atoms with Crippen molar-refractivity contribution in [2.45, 2.75) is 33.7 Å². The Morgan fingerprint density at radius 2 is 1.53 bits per heavy atom. The first kappa shape index (κ1) is 23.2. The monoisotopic (exact) mass is 450 g/mol. The van der Waals surface area contributed by atoms with Crippen LogP contribution in [0, 0.1) is 13.8 Å². The van der Waals surface area contributed by atoms with Crippen molar-refractivity contribution < 1.29 is 9.59 Å². The van der Waals surface area contributed by atoms with Crippen LogP contribution < -0.4 is 10.2 Å². The minimum absolute atomic E-state index is 0.0641. The number of carbonyl (C=O) groups excluding carboxylic acids is 2. The lowest BCUT2D eigenvalue weighted by molar-refractivity contribution is 0.0937. The van der Waals surface area contributed by atoms with Crippen LogP contribution >= 0.6 is 0 Å². The Balaban J connectivity index is 1.58. The second-order valence-electron chi connectivity index (χ2n) is 8.67. The van der Waals surface area contributed by atoms with E-state index in [4.69, 9.17) is 0 Å². The molecule has 34 heavy (non-hydrogen) atoms. The lowest BCUT2D eigenvalue weighted by Crippen LogP contribution is -2.32. The van der Waals surface area contributed by atoms with Crippen molar-refractivity contribution in [2.75, 3.05) is 11.4 Å². The average Bonchev–Trinajstić information content (AvgIpc) is 2.85. The number of nitrogens with one attached hydrogen (secondary N) is 1. The molecule has 1 N–H and O–H groups in total. The molecule has 0 saturated heterocycles. The normalized spacial score (nSPS) is 11.8. The minimum atomic E-state index is -0.165. The van der Waals surface area contributed by atoms with Gasteiger partial charge in [0.15, 0.2) is 0 Å². The molecular formula is C30H30N2O2. The molecule has 0 aromatic heterocycles. The van der Waals surface area contributed by atoms with Crippen molar-refractivity contribution in [2.24, 2.45) is 0 Å². The van der Waals surface area contributed by atoms with Crippen LogP contribution in [-0.2, 0) is 0 Å². The number of fused-ring (bicyclic) bond motifs is 1. The van der Waals surface area contributed by atoms with E-state index < -0.39 is 0 Å². The first-order valence-corrected chi connectivity index (χ1v) is 11.7. The zero-order chi connectivity index (χ0) is 24.2. The maximum absolute atomic E-state index is 13.3. The number of hydrogen-bond donors (Lipinski definition) is 1. The van der Waals surface area contributed by atoms with Crippen LogP contribution in [0.2, 0.25) is 0 Å². The van der Waals surface area contributed by atoms with Gasteiger partial charge in [0.2, 0.25) is 0 Å². The predicted octanol–water partition coefficient (Wildman–Crippen LogP) is 6.61. The van der Waals surface area contributed by atoms with Crippen LogP contribution in [0.3, 0.4) is 0 Å². The third kappa shape index (κ3) is 4.72. The van der Waals surface area contributed by atoms with E-state index in [0.717, 1.165) is 27.8 Å². The van der Waals surface area contributed by atoms with Crippen LogP contribution in [0.5, 0.6) is 0 Å². The Morgan fingerprint density at radius 3 is 2.26 bits per heavy atom. The summed E-state index contributed by atoms with van der Waals surface area (Å²) in [4.78, 5) is 28.2. The van der Waals surface area contributed by atoms with Crippen molar-refractivity contribution in [3.63, 3.8) is 0 Å². The number of rotatable bonds is 6. The maximum Gasteiger partial charge on any atom is 0.258 e. The molecule has 0 aliphatic heterocycles. The van der Waals surface area contributed by atoms with Gasteiger partial charge in [-0.25, -0.2) is 0 Å². The van der Waals surface area contributed by atoms with Crippen LogP contribution in [0.15, 0.2) is 84.9 Å². The Morgan fingerprint density at radius 1 is 0.824 bits per heavy atom. The molecule has 0 fully saturated rings. The number of nitrogens with zero attached hydrogens (tertiary/aromatic N) is 1. The quantitative estimate of drug-likeness (QED) is 0.359. The van der Waals surface area contributed by atoms with E-state index in [1.54, 1.807) is 4.90 Å². The van der Waals surface area contributed by atoms with Crippen LogP contribution in [0.25, 0.3) is 10.8 Å². The minimum Gasteiger partial charge on any atom is -0.346 e. The van der Waals surface area contributed by atoms with Gasteiger partial charge >= 0.3 is 0 Å². The third-order valence-electron chi connectivity index (χ3n) is 6.32. The summed E-state index contributed by atoms with van der Waals surface area (Å²) in [5, 5.41) is 5.43. The fourth-order valence-electron chi connectivity index (χ4n) is 4.26. The van der Waals surface area contributed by atoms with Crippen LogP contribution in [0.4, 0.5) is 5.69 Å². The zero-order valence-electron chi connectivity index (χ0n) is 20.1. The van der Waals surface area contributed by atoms with Crippen molar-refractivity contribution in [1.82, 2.24) is 5.32 Å². The molecule has 0 saturated carbocycles. The van der Waals surface area contributed by atoms with Crippen LogP contribution in [0.1, 0.15) is 57.3 Å². The van der Waals surface area contributed by atoms with Gasteiger partial charge in [0, 0.05) is 23.4 Å². The third-order valence-corrected chi connectivity index (χ3v) is 6.32. The van der Waals surface area contributed by atoms with E-state index in [2.05, 4.69) is 29.6 Å². The van der Waals surface area contributed by atoms with Crippen molar-refractivity contribution in [1.29, 1.82) is 0 Å². The Kier molecular flexibility index (Phi) is 6.78. The number of benzene rings is 4. The standard InChI is InChI=1S/C30H30N2O2/c1-5-32(30(34)27-13-9-6-10-20(27)2)28-19-26(15-14-21(28)3)29(33)31-22(4)24-17-16-23-11-7-8-12-25(23)18-24/h6-19,22H,5H2,1-4H3,(H,31,33). The van der Waals surface area contributed by atoms with Crippen molar-refractivity contribution >= 4 is 28.3 Å². The first-order valence-electron chi connectivity index (χ1n) is 11.7. The van der Waals surface area contributed by atoms with Gasteiger partial charge in [0.25, 0.3) is 11.8 Å². The highest BCUT2D eigenvalue weighted by Gasteiger charge is 2.21. The molecule has 0 aliphatic rings. The number of carbonyl (C=O) groups is 2. The molecule has 1 atom stereocenters. The molecule has 0 bridgehead atoms. The van der Waals surface area contributed by atoms with E-state index in [9.17, 15) is 9.59 Å². The molecular weight excluding hydrogens is 420 g/mol. The van der Waals surface area contributed by atoms with Crippen molar-refractivity contribution in [3.8, 4) is 0 Å². The maximum atomic E-state index is 13.3. The van der Waals surface area contributed by atoms with Gasteiger partial charge in [0.05, 0.1) is 6.04 Å². The summed E-state index contributed by atoms with van der Waals surface area (Å²) in [6, 6.07) is 27.4. The summed E-state index contributed by atoms with van der Waals surface area (Å²) in [7, 11) is 0. The van der Waals surface area contributed by atoms with Gasteiger partial charge in [0.1, 0.15) is 0 Å². The van der Waals surface area contributed by atoms with E-state index in [1.807, 2.05) is 88.4 Å². The summed E-state index contributed by atoms with van der Waals surface area (Å²) in [5.41, 5.74) is 4.88. The van der Waals surface area contributed by atoms with Gasteiger partial charge < -0.3 is 10.2 Å². The first-order chi connectivity index (χ1) is 16.4. The van der Waals surface area contributed by atoms with E-state index in [0.29, 0.717) is 17.7 Å². The molecule has 1 unspecified atom stereocenters. The van der Waals surface area contributed by atoms with Gasteiger partial charge in [-0.1, -0.05) is 60.7 Å². The second kappa shape index (κ2) is 9.92. The average molecular weight is 451 g/mol. The van der Waals surface area contributed by atoms with Gasteiger partial charge in [-0.3, -0.25) is 9.59 Å². The highest BCUT2D eigenvalue weighted by atomic mass is 16.2. The highest BCUT2D eigenvalue weighted by Crippen LogP contribution is 2.26. The molecule has 4 aromatic rings. The topological polar surface area (TPSA) is 49.4 Å². The summed E-state index contributed by atoms with van der Waals surface area (Å²) in [5.74, 6) is -0.230. The molecule has 4 heteroatoms. The predicted molar refractivity (Wildman–Crippen MR) is 140 cm³/mol. The molecule has 0 aliphatic carbocycles. The number of amides is 2. The summed E-state index contributed by atoms with van der Waals surface area (Å²) < 4.78 is 0. The molecule has 4 aromatic carbocycles. The molecule has 172 valence electrons. The van der Waals surface area contributed by atoms with E-state index in [1.165, 1.54) is 5.39 Å². The van der Waals surface area contributed by atoms with Gasteiger partial charge in [-0.05, 0) is 79.4 Å². The summed E-state index contributed by atoms with van der Waals surface area (Å²) >= 11 is 0. The summed E-state index contributed by atoms with van der Waals surface area (Å²) in [6.45, 7) is 8.34. The van der Waals surface area contributed by atoms with Crippen LogP contribution in [-0.4, -0.2) is 18.4 Å². The number of hydrogen-bond acceptors (Lipinski definition) is 2. The van der Waals surface area contributed by atoms with E-state index >= 15 is 0 Å². The Labute approximate surface area is 201 Å². The largest absolute Gasteiger partial charge is 0.346 e. The Hall–Kier alpha value is -3.92. The lowest BCUT2D eigenvalue weighted by atomic mass is 10.0. The highest BCUT2D eigenvalue weighted by molar-refractivity contribution is 6.08. The lowest BCUT2D eigenvalue weighted by Gasteiger charge is -2.24. The smallest absolute Gasteiger partial charge is 0.258 e. The second-order valence-corrected chi connectivity index (χ2v) is 8.67. The summed E-state index contributed by atoms with van der Waals surface area (Å²) in [6.07, 6.45) is 0. The van der Waals surface area contributed by atoms with E-state index in [-0.39, 0.29) is 17.9 Å². The number of aryl methyl sites for hydroxylation is 2. The molecule has 0 radical (unpaired) electrons. The van der Waals surface area contributed by atoms with Gasteiger partial charge in [-0.2, -0.15) is 0 Å². The van der Waals surface area contributed by atoms with Crippen molar-refractivity contribution in [3.05, 3.63) is 113 Å². The fourth-order valence-corrected chi connectivity index (χ4v) is 4.26. The molecule has 4 rings (SSSR count). The zero-order valence-corrected chi connectivity index (χ0v) is 20.1. The Bertz CT molecular complexity index is 1360. The molecule has 2 amide bonds. The van der Waals surface area contributed by atoms with Gasteiger partial charge in [-0.15, -0.1) is 0 Å². The fraction of sp³-hybridized carbons (Fsp3) is 0.200. The molecule has 0 heterocycles. The SMILES string of the molecule is CCN(C(=O)c1ccccc1C)c1cc(C(=O)NC(C)c2ccc3ccccc3c2)ccc1C. The number of anilines is 1.